The molecule has 102 valence electrons. The van der Waals surface area contributed by atoms with Gasteiger partial charge in [-0.2, -0.15) is 9.57 Å². The number of rotatable bonds is 5. The van der Waals surface area contributed by atoms with Gasteiger partial charge in [0, 0.05) is 25.7 Å². The minimum Gasteiger partial charge on any atom is -0.313 e. The van der Waals surface area contributed by atoms with E-state index in [1.54, 1.807) is 24.3 Å². The van der Waals surface area contributed by atoms with E-state index < -0.39 is 10.0 Å². The molecule has 0 aromatic heterocycles. The molecule has 0 unspecified atom stereocenters. The van der Waals surface area contributed by atoms with Crippen LogP contribution in [0.25, 0.3) is 0 Å². The zero-order valence-electron chi connectivity index (χ0n) is 10.8. The van der Waals surface area contributed by atoms with E-state index in [1.807, 2.05) is 13.0 Å². The van der Waals surface area contributed by atoms with Crippen molar-refractivity contribution in [2.75, 3.05) is 19.6 Å². The predicted octanol–water partition coefficient (Wildman–Crippen LogP) is 0.735. The summed E-state index contributed by atoms with van der Waals surface area (Å²) in [6, 6.07) is 8.65. The van der Waals surface area contributed by atoms with Gasteiger partial charge in [-0.3, -0.25) is 0 Å². The number of likely N-dealkylation sites (N-methyl/N-ethyl adjacent to an activating group) is 1. The standard InChI is InChI=1S/C13H17N3O2S/c1-2-16(12-9-15-10-12)19(17,18)13-5-3-11(4-6-13)7-8-14/h3-6,12,15H,2,7,9-10H2,1H3. The van der Waals surface area contributed by atoms with Crippen molar-refractivity contribution in [3.8, 4) is 6.07 Å². The Morgan fingerprint density at radius 1 is 1.37 bits per heavy atom. The van der Waals surface area contributed by atoms with Crippen molar-refractivity contribution in [2.24, 2.45) is 0 Å². The summed E-state index contributed by atoms with van der Waals surface area (Å²) in [7, 11) is -3.43. The Bertz CT molecular complexity index is 571. The van der Waals surface area contributed by atoms with Crippen LogP contribution in [0.4, 0.5) is 0 Å². The Labute approximate surface area is 113 Å². The van der Waals surface area contributed by atoms with E-state index in [4.69, 9.17) is 5.26 Å². The van der Waals surface area contributed by atoms with Crippen LogP contribution in [-0.4, -0.2) is 38.4 Å². The Balaban J connectivity index is 2.25. The number of nitriles is 1. The Morgan fingerprint density at radius 3 is 2.42 bits per heavy atom. The number of hydrogen-bond acceptors (Lipinski definition) is 4. The van der Waals surface area contributed by atoms with E-state index in [1.165, 1.54) is 4.31 Å². The van der Waals surface area contributed by atoms with Crippen LogP contribution in [0.1, 0.15) is 12.5 Å². The molecule has 1 aromatic rings. The fourth-order valence-electron chi connectivity index (χ4n) is 2.11. The third kappa shape index (κ3) is 2.78. The molecule has 1 aliphatic heterocycles. The summed E-state index contributed by atoms with van der Waals surface area (Å²) in [5.74, 6) is 0. The number of sulfonamides is 1. The third-order valence-electron chi connectivity index (χ3n) is 3.29. The average Bonchev–Trinajstić information content (AvgIpc) is 2.34. The van der Waals surface area contributed by atoms with Gasteiger partial charge in [-0.05, 0) is 17.7 Å². The molecule has 6 heteroatoms. The van der Waals surface area contributed by atoms with Gasteiger partial charge in [-0.25, -0.2) is 8.42 Å². The molecule has 1 aromatic carbocycles. The lowest BCUT2D eigenvalue weighted by atomic mass is 10.2. The fraction of sp³-hybridized carbons (Fsp3) is 0.462. The minimum absolute atomic E-state index is 0.0498. The van der Waals surface area contributed by atoms with Crippen molar-refractivity contribution >= 4 is 10.0 Å². The van der Waals surface area contributed by atoms with Crippen molar-refractivity contribution in [1.82, 2.24) is 9.62 Å². The zero-order chi connectivity index (χ0) is 13.9. The predicted molar refractivity (Wildman–Crippen MR) is 72.0 cm³/mol. The molecular formula is C13H17N3O2S. The third-order valence-corrected chi connectivity index (χ3v) is 5.33. The van der Waals surface area contributed by atoms with Gasteiger partial charge in [0.05, 0.1) is 17.4 Å². The quantitative estimate of drug-likeness (QED) is 0.862. The van der Waals surface area contributed by atoms with E-state index in [9.17, 15) is 8.42 Å². The molecule has 0 atom stereocenters. The number of benzene rings is 1. The molecule has 1 N–H and O–H groups in total. The van der Waals surface area contributed by atoms with Gasteiger partial charge in [0.2, 0.25) is 10.0 Å². The first-order chi connectivity index (χ1) is 9.09. The molecule has 0 saturated carbocycles. The molecule has 0 radical (unpaired) electrons. The average molecular weight is 279 g/mol. The Hall–Kier alpha value is -1.42. The first kappa shape index (κ1) is 14.0. The summed E-state index contributed by atoms with van der Waals surface area (Å²) in [5.41, 5.74) is 0.829. The zero-order valence-corrected chi connectivity index (χ0v) is 11.7. The van der Waals surface area contributed by atoms with Crippen LogP contribution in [0.15, 0.2) is 29.2 Å². The molecule has 5 nitrogen and oxygen atoms in total. The van der Waals surface area contributed by atoms with E-state index in [0.29, 0.717) is 31.0 Å². The summed E-state index contributed by atoms with van der Waals surface area (Å²) >= 11 is 0. The van der Waals surface area contributed by atoms with Crippen molar-refractivity contribution < 1.29 is 8.42 Å². The van der Waals surface area contributed by atoms with Gasteiger partial charge in [0.25, 0.3) is 0 Å². The van der Waals surface area contributed by atoms with E-state index in [-0.39, 0.29) is 6.04 Å². The van der Waals surface area contributed by atoms with Crippen LogP contribution in [0.3, 0.4) is 0 Å². The molecule has 19 heavy (non-hydrogen) atoms. The van der Waals surface area contributed by atoms with Crippen LogP contribution in [0.5, 0.6) is 0 Å². The first-order valence-corrected chi connectivity index (χ1v) is 7.72. The maximum absolute atomic E-state index is 12.5. The number of nitrogens with zero attached hydrogens (tertiary/aromatic N) is 2. The highest BCUT2D eigenvalue weighted by Gasteiger charge is 2.33. The summed E-state index contributed by atoms with van der Waals surface area (Å²) in [6.45, 7) is 3.73. The van der Waals surface area contributed by atoms with Crippen LogP contribution >= 0.6 is 0 Å². The van der Waals surface area contributed by atoms with Gasteiger partial charge in [0.15, 0.2) is 0 Å². The van der Waals surface area contributed by atoms with E-state index >= 15 is 0 Å². The second-order valence-electron chi connectivity index (χ2n) is 4.50. The molecule has 0 amide bonds. The molecular weight excluding hydrogens is 262 g/mol. The lowest BCUT2D eigenvalue weighted by Crippen LogP contribution is -2.58. The van der Waals surface area contributed by atoms with Gasteiger partial charge >= 0.3 is 0 Å². The van der Waals surface area contributed by atoms with Crippen LogP contribution < -0.4 is 5.32 Å². The summed E-state index contributed by atoms with van der Waals surface area (Å²) in [6.07, 6.45) is 0.296. The molecule has 2 rings (SSSR count). The molecule has 1 fully saturated rings. The number of hydrogen-bond donors (Lipinski definition) is 1. The van der Waals surface area contributed by atoms with Crippen LogP contribution in [-0.2, 0) is 16.4 Å². The van der Waals surface area contributed by atoms with Gasteiger partial charge < -0.3 is 5.32 Å². The number of nitrogens with one attached hydrogen (secondary N) is 1. The SMILES string of the molecule is CCN(C1CNC1)S(=O)(=O)c1ccc(CC#N)cc1. The highest BCUT2D eigenvalue weighted by molar-refractivity contribution is 7.89. The second kappa shape index (κ2) is 5.70. The lowest BCUT2D eigenvalue weighted by Gasteiger charge is -2.36. The monoisotopic (exact) mass is 279 g/mol. The highest BCUT2D eigenvalue weighted by Crippen LogP contribution is 2.20. The van der Waals surface area contributed by atoms with Gasteiger partial charge in [0.1, 0.15) is 0 Å². The largest absolute Gasteiger partial charge is 0.313 e. The topological polar surface area (TPSA) is 73.2 Å². The summed E-state index contributed by atoms with van der Waals surface area (Å²) in [5, 5.41) is 11.7. The molecule has 0 bridgehead atoms. The Kier molecular flexibility index (Phi) is 4.20. The van der Waals surface area contributed by atoms with Crippen molar-refractivity contribution in [1.29, 1.82) is 5.26 Å². The lowest BCUT2D eigenvalue weighted by molar-refractivity contribution is 0.249. The normalized spacial score (nSPS) is 16.1. The van der Waals surface area contributed by atoms with E-state index in [0.717, 1.165) is 5.56 Å². The summed E-state index contributed by atoms with van der Waals surface area (Å²) in [4.78, 5) is 0.294. The van der Waals surface area contributed by atoms with Crippen LogP contribution in [0, 0.1) is 11.3 Å². The minimum atomic E-state index is -3.43. The fourth-order valence-corrected chi connectivity index (χ4v) is 3.74. The molecule has 1 heterocycles. The Morgan fingerprint density at radius 2 is 2.00 bits per heavy atom. The van der Waals surface area contributed by atoms with Gasteiger partial charge in [-0.15, -0.1) is 0 Å². The smallest absolute Gasteiger partial charge is 0.243 e. The van der Waals surface area contributed by atoms with Crippen molar-refractivity contribution in [2.45, 2.75) is 24.3 Å². The molecule has 0 spiro atoms. The maximum Gasteiger partial charge on any atom is 0.243 e. The molecule has 1 aliphatic rings. The second-order valence-corrected chi connectivity index (χ2v) is 6.39. The maximum atomic E-state index is 12.5. The van der Waals surface area contributed by atoms with Crippen molar-refractivity contribution in [3.05, 3.63) is 29.8 Å². The summed E-state index contributed by atoms with van der Waals surface area (Å²) < 4.78 is 26.5. The van der Waals surface area contributed by atoms with Crippen molar-refractivity contribution in [3.63, 3.8) is 0 Å². The highest BCUT2D eigenvalue weighted by atomic mass is 32.2. The van der Waals surface area contributed by atoms with Crippen LogP contribution in [0.2, 0.25) is 0 Å². The van der Waals surface area contributed by atoms with Gasteiger partial charge in [-0.1, -0.05) is 19.1 Å². The molecule has 1 saturated heterocycles. The molecule has 0 aliphatic carbocycles. The van der Waals surface area contributed by atoms with E-state index in [2.05, 4.69) is 5.32 Å². The first-order valence-electron chi connectivity index (χ1n) is 6.28.